The second-order valence-electron chi connectivity index (χ2n) is 2.26. The first-order valence-corrected chi connectivity index (χ1v) is 3.25. The van der Waals surface area contributed by atoms with Crippen LogP contribution in [0.15, 0.2) is 18.2 Å². The summed E-state index contributed by atoms with van der Waals surface area (Å²) < 4.78 is 25.1. The van der Waals surface area contributed by atoms with Crippen molar-refractivity contribution in [2.24, 2.45) is 0 Å². The number of carbonyl (C=O) groups excluding carboxylic acids is 1. The molecule has 0 atom stereocenters. The summed E-state index contributed by atoms with van der Waals surface area (Å²) in [6.07, 6.45) is 0. The standard InChI is InChI=1S/C8H4F2O3.H2O/c9-4-1-2-5(6(10)3-4)7(11)8(12)13;/h1-3H,(H,12,13);1H2. The molecular formula is C8H6F2O4. The molecule has 0 aromatic heterocycles. The summed E-state index contributed by atoms with van der Waals surface area (Å²) in [7, 11) is 0. The number of ketones is 1. The molecule has 0 saturated carbocycles. The maximum absolute atomic E-state index is 12.7. The monoisotopic (exact) mass is 204 g/mol. The molecule has 0 aliphatic carbocycles. The first-order chi connectivity index (χ1) is 6.02. The Balaban J connectivity index is 0.00000169. The predicted octanol–water partition coefficient (Wildman–Crippen LogP) is 0.407. The molecule has 76 valence electrons. The van der Waals surface area contributed by atoms with Crippen molar-refractivity contribution in [2.75, 3.05) is 0 Å². The predicted molar refractivity (Wildman–Crippen MR) is 41.9 cm³/mol. The summed E-state index contributed by atoms with van der Waals surface area (Å²) in [6.45, 7) is 0. The van der Waals surface area contributed by atoms with Gasteiger partial charge in [0.1, 0.15) is 11.6 Å². The number of halogens is 2. The van der Waals surface area contributed by atoms with Gasteiger partial charge in [-0.1, -0.05) is 0 Å². The maximum atomic E-state index is 12.7. The summed E-state index contributed by atoms with van der Waals surface area (Å²) in [5.74, 6) is -5.20. The lowest BCUT2D eigenvalue weighted by atomic mass is 10.1. The molecule has 0 aliphatic rings. The van der Waals surface area contributed by atoms with Crippen LogP contribution >= 0.6 is 0 Å². The minimum Gasteiger partial charge on any atom is -0.475 e. The smallest absolute Gasteiger partial charge is 0.377 e. The zero-order valence-electron chi connectivity index (χ0n) is 6.75. The highest BCUT2D eigenvalue weighted by Gasteiger charge is 2.18. The summed E-state index contributed by atoms with van der Waals surface area (Å²) in [5.41, 5.74) is -0.645. The van der Waals surface area contributed by atoms with Gasteiger partial charge in [0.15, 0.2) is 0 Å². The van der Waals surface area contributed by atoms with Gasteiger partial charge in [-0.2, -0.15) is 0 Å². The van der Waals surface area contributed by atoms with Crippen LogP contribution in [0.2, 0.25) is 0 Å². The molecule has 3 N–H and O–H groups in total. The van der Waals surface area contributed by atoms with E-state index in [4.69, 9.17) is 5.11 Å². The van der Waals surface area contributed by atoms with Gasteiger partial charge in [-0.25, -0.2) is 13.6 Å². The highest BCUT2D eigenvalue weighted by Crippen LogP contribution is 2.09. The van der Waals surface area contributed by atoms with Crippen LogP contribution in [-0.2, 0) is 4.79 Å². The fourth-order valence-electron chi connectivity index (χ4n) is 0.789. The van der Waals surface area contributed by atoms with Gasteiger partial charge in [-0.05, 0) is 12.1 Å². The molecule has 0 bridgehead atoms. The molecule has 0 fully saturated rings. The van der Waals surface area contributed by atoms with Crippen molar-refractivity contribution >= 4 is 11.8 Å². The average Bonchev–Trinajstić information content (AvgIpc) is 2.03. The lowest BCUT2D eigenvalue weighted by Crippen LogP contribution is -2.14. The van der Waals surface area contributed by atoms with Gasteiger partial charge in [0.05, 0.1) is 5.56 Å². The van der Waals surface area contributed by atoms with Gasteiger partial charge in [-0.15, -0.1) is 0 Å². The zero-order chi connectivity index (χ0) is 10.0. The molecular weight excluding hydrogens is 198 g/mol. The quantitative estimate of drug-likeness (QED) is 0.559. The Bertz CT molecular complexity index is 376. The third kappa shape index (κ3) is 2.33. The number of Topliss-reactive ketones (excluding diaryl/α,β-unsaturated/α-hetero) is 1. The van der Waals surface area contributed by atoms with E-state index in [1.165, 1.54) is 0 Å². The summed E-state index contributed by atoms with van der Waals surface area (Å²) >= 11 is 0. The number of hydrogen-bond donors (Lipinski definition) is 1. The molecule has 1 rings (SSSR count). The van der Waals surface area contributed by atoms with Gasteiger partial charge < -0.3 is 10.6 Å². The van der Waals surface area contributed by atoms with Crippen molar-refractivity contribution in [1.29, 1.82) is 0 Å². The second-order valence-corrected chi connectivity index (χ2v) is 2.26. The Labute approximate surface area is 77.1 Å². The minimum atomic E-state index is -1.77. The molecule has 0 amide bonds. The highest BCUT2D eigenvalue weighted by atomic mass is 19.1. The third-order valence-electron chi connectivity index (χ3n) is 1.37. The lowest BCUT2D eigenvalue weighted by molar-refractivity contribution is -0.131. The number of hydrogen-bond acceptors (Lipinski definition) is 2. The van der Waals surface area contributed by atoms with E-state index in [2.05, 4.69) is 0 Å². The lowest BCUT2D eigenvalue weighted by Gasteiger charge is -1.97. The molecule has 1 aromatic carbocycles. The Kier molecular flexibility index (Phi) is 3.85. The van der Waals surface area contributed by atoms with Crippen LogP contribution < -0.4 is 0 Å². The van der Waals surface area contributed by atoms with E-state index in [-0.39, 0.29) is 5.48 Å². The molecule has 0 aliphatic heterocycles. The number of benzene rings is 1. The van der Waals surface area contributed by atoms with Gasteiger partial charge in [0.25, 0.3) is 5.78 Å². The van der Waals surface area contributed by atoms with Crippen molar-refractivity contribution < 1.29 is 29.0 Å². The van der Waals surface area contributed by atoms with E-state index in [1.54, 1.807) is 0 Å². The van der Waals surface area contributed by atoms with Crippen molar-refractivity contribution in [3.05, 3.63) is 35.4 Å². The Morgan fingerprint density at radius 2 is 1.79 bits per heavy atom. The second kappa shape index (κ2) is 4.43. The van der Waals surface area contributed by atoms with Crippen LogP contribution in [0.3, 0.4) is 0 Å². The number of aliphatic carboxylic acids is 1. The molecule has 14 heavy (non-hydrogen) atoms. The Morgan fingerprint density at radius 1 is 1.21 bits per heavy atom. The van der Waals surface area contributed by atoms with Crippen LogP contribution in [0.5, 0.6) is 0 Å². The number of carboxylic acid groups (broad SMARTS) is 1. The molecule has 1 aromatic rings. The van der Waals surface area contributed by atoms with E-state index >= 15 is 0 Å². The van der Waals surface area contributed by atoms with E-state index in [0.717, 1.165) is 12.1 Å². The molecule has 0 unspecified atom stereocenters. The van der Waals surface area contributed by atoms with Gasteiger partial charge >= 0.3 is 5.97 Å². The average molecular weight is 204 g/mol. The Hall–Kier alpha value is -1.82. The van der Waals surface area contributed by atoms with E-state index in [9.17, 15) is 18.4 Å². The number of carbonyl (C=O) groups is 2. The summed E-state index contributed by atoms with van der Waals surface area (Å²) in [5, 5.41) is 8.22. The van der Waals surface area contributed by atoms with Gasteiger partial charge in [0, 0.05) is 6.07 Å². The van der Waals surface area contributed by atoms with Gasteiger partial charge in [0.2, 0.25) is 0 Å². The maximum Gasteiger partial charge on any atom is 0.377 e. The third-order valence-corrected chi connectivity index (χ3v) is 1.37. The SMILES string of the molecule is O.O=C(O)C(=O)c1ccc(F)cc1F. The van der Waals surface area contributed by atoms with Crippen molar-refractivity contribution in [2.45, 2.75) is 0 Å². The van der Waals surface area contributed by atoms with Crippen LogP contribution in [0.25, 0.3) is 0 Å². The van der Waals surface area contributed by atoms with Crippen molar-refractivity contribution in [3.8, 4) is 0 Å². The fourth-order valence-corrected chi connectivity index (χ4v) is 0.789. The topological polar surface area (TPSA) is 85.9 Å². The van der Waals surface area contributed by atoms with Crippen LogP contribution in [0.4, 0.5) is 8.78 Å². The molecule has 0 heterocycles. The highest BCUT2D eigenvalue weighted by molar-refractivity contribution is 6.39. The minimum absolute atomic E-state index is 0. The van der Waals surface area contributed by atoms with Crippen molar-refractivity contribution in [3.63, 3.8) is 0 Å². The summed E-state index contributed by atoms with van der Waals surface area (Å²) in [6, 6.07) is 2.07. The van der Waals surface area contributed by atoms with Crippen LogP contribution in [0.1, 0.15) is 10.4 Å². The Morgan fingerprint density at radius 3 is 2.21 bits per heavy atom. The van der Waals surface area contributed by atoms with E-state index in [0.29, 0.717) is 6.07 Å². The fraction of sp³-hybridized carbons (Fsp3) is 0. The van der Waals surface area contributed by atoms with Crippen molar-refractivity contribution in [1.82, 2.24) is 0 Å². The molecule has 0 spiro atoms. The van der Waals surface area contributed by atoms with E-state index < -0.39 is 29.0 Å². The van der Waals surface area contributed by atoms with Crippen LogP contribution in [-0.4, -0.2) is 22.3 Å². The number of carboxylic acids is 1. The van der Waals surface area contributed by atoms with E-state index in [1.807, 2.05) is 0 Å². The zero-order valence-corrected chi connectivity index (χ0v) is 6.75. The molecule has 6 heteroatoms. The largest absolute Gasteiger partial charge is 0.475 e. The molecule has 0 radical (unpaired) electrons. The van der Waals surface area contributed by atoms with Crippen LogP contribution in [0, 0.1) is 11.6 Å². The van der Waals surface area contributed by atoms with Gasteiger partial charge in [-0.3, -0.25) is 4.79 Å². The molecule has 0 saturated heterocycles. The first kappa shape index (κ1) is 12.2. The first-order valence-electron chi connectivity index (χ1n) is 3.25. The summed E-state index contributed by atoms with van der Waals surface area (Å²) in [4.78, 5) is 20.8. The molecule has 4 nitrogen and oxygen atoms in total. The normalized spacial score (nSPS) is 9.00. The number of rotatable bonds is 2.